The third kappa shape index (κ3) is 4.93. The van der Waals surface area contributed by atoms with Crippen molar-refractivity contribution in [2.45, 2.75) is 27.2 Å². The number of nitrogens with two attached hydrogens (primary N) is 1. The van der Waals surface area contributed by atoms with Gasteiger partial charge in [-0.3, -0.25) is 4.79 Å². The molecule has 21 heavy (non-hydrogen) atoms. The summed E-state index contributed by atoms with van der Waals surface area (Å²) in [5.74, 6) is 1.27. The Morgan fingerprint density at radius 1 is 1.19 bits per heavy atom. The number of carbonyl (C=O) groups excluding carboxylic acids is 1. The molecule has 0 aliphatic heterocycles. The Kier molecular flexibility index (Phi) is 7.61. The van der Waals surface area contributed by atoms with Gasteiger partial charge in [0.05, 0.1) is 6.61 Å². The van der Waals surface area contributed by atoms with E-state index in [1.165, 1.54) is 0 Å². The van der Waals surface area contributed by atoms with E-state index in [0.717, 1.165) is 5.56 Å². The number of nitrogens with zero attached hydrogens (tertiary/aromatic N) is 1. The second-order valence-corrected chi connectivity index (χ2v) is 4.57. The van der Waals surface area contributed by atoms with Gasteiger partial charge in [-0.05, 0) is 45.4 Å². The van der Waals surface area contributed by atoms with E-state index in [0.29, 0.717) is 44.2 Å². The van der Waals surface area contributed by atoms with Gasteiger partial charge in [-0.2, -0.15) is 0 Å². The monoisotopic (exact) mass is 294 g/mol. The van der Waals surface area contributed by atoms with Crippen LogP contribution >= 0.6 is 0 Å². The molecule has 0 heterocycles. The van der Waals surface area contributed by atoms with Crippen molar-refractivity contribution in [1.29, 1.82) is 0 Å². The van der Waals surface area contributed by atoms with Crippen molar-refractivity contribution in [3.05, 3.63) is 23.8 Å². The van der Waals surface area contributed by atoms with Crippen LogP contribution < -0.4 is 15.2 Å². The maximum absolute atomic E-state index is 12.1. The van der Waals surface area contributed by atoms with Crippen molar-refractivity contribution in [3.63, 3.8) is 0 Å². The highest BCUT2D eigenvalue weighted by Gasteiger charge is 2.15. The highest BCUT2D eigenvalue weighted by Crippen LogP contribution is 2.31. The first kappa shape index (κ1) is 17.3. The molecule has 0 radical (unpaired) electrons. The SMILES string of the molecule is CCOc1cccc(CCN)c1OCC(=O)N(CC)CC. The van der Waals surface area contributed by atoms with Gasteiger partial charge in [0.2, 0.25) is 0 Å². The first-order chi connectivity index (χ1) is 10.2. The number of rotatable bonds is 9. The van der Waals surface area contributed by atoms with Gasteiger partial charge < -0.3 is 20.1 Å². The predicted octanol–water partition coefficient (Wildman–Crippen LogP) is 1.83. The molecular formula is C16H26N2O3. The molecule has 0 aromatic heterocycles. The molecule has 0 aliphatic rings. The summed E-state index contributed by atoms with van der Waals surface area (Å²) in [6.45, 7) is 8.28. The Bertz CT molecular complexity index is 421. The van der Waals surface area contributed by atoms with Gasteiger partial charge >= 0.3 is 0 Å². The quantitative estimate of drug-likeness (QED) is 0.754. The first-order valence-corrected chi connectivity index (χ1v) is 7.53. The fraction of sp³-hybridized carbons (Fsp3) is 0.562. The van der Waals surface area contributed by atoms with E-state index in [1.807, 2.05) is 39.0 Å². The number of para-hydroxylation sites is 1. The molecule has 0 aliphatic carbocycles. The molecule has 1 aromatic rings. The number of amides is 1. The second kappa shape index (κ2) is 9.23. The number of hydrogen-bond acceptors (Lipinski definition) is 4. The Morgan fingerprint density at radius 2 is 1.90 bits per heavy atom. The predicted molar refractivity (Wildman–Crippen MR) is 83.8 cm³/mol. The molecule has 5 heteroatoms. The summed E-state index contributed by atoms with van der Waals surface area (Å²) in [5, 5.41) is 0. The van der Waals surface area contributed by atoms with Crippen LogP contribution in [0.3, 0.4) is 0 Å². The van der Waals surface area contributed by atoms with Crippen LogP contribution in [0.5, 0.6) is 11.5 Å². The molecule has 1 rings (SSSR count). The van der Waals surface area contributed by atoms with E-state index >= 15 is 0 Å². The van der Waals surface area contributed by atoms with E-state index in [4.69, 9.17) is 15.2 Å². The lowest BCUT2D eigenvalue weighted by Crippen LogP contribution is -2.34. The Balaban J connectivity index is 2.86. The Labute approximate surface area is 127 Å². The van der Waals surface area contributed by atoms with Gasteiger partial charge in [0.1, 0.15) is 0 Å². The van der Waals surface area contributed by atoms with E-state index < -0.39 is 0 Å². The maximum Gasteiger partial charge on any atom is 0.260 e. The lowest BCUT2D eigenvalue weighted by atomic mass is 10.1. The standard InChI is InChI=1S/C16H26N2O3/c1-4-18(5-2)15(19)12-21-16-13(10-11-17)8-7-9-14(16)20-6-3/h7-9H,4-6,10-12,17H2,1-3H3. The summed E-state index contributed by atoms with van der Waals surface area (Å²) < 4.78 is 11.3. The van der Waals surface area contributed by atoms with Crippen molar-refractivity contribution < 1.29 is 14.3 Å². The van der Waals surface area contributed by atoms with Crippen LogP contribution in [0.2, 0.25) is 0 Å². The molecule has 5 nitrogen and oxygen atoms in total. The summed E-state index contributed by atoms with van der Waals surface area (Å²) >= 11 is 0. The zero-order valence-electron chi connectivity index (χ0n) is 13.2. The summed E-state index contributed by atoms with van der Waals surface area (Å²) in [7, 11) is 0. The van der Waals surface area contributed by atoms with Gasteiger partial charge in [-0.15, -0.1) is 0 Å². The van der Waals surface area contributed by atoms with E-state index in [-0.39, 0.29) is 12.5 Å². The van der Waals surface area contributed by atoms with Crippen molar-refractivity contribution in [3.8, 4) is 11.5 Å². The fourth-order valence-electron chi connectivity index (χ4n) is 2.15. The number of ether oxygens (including phenoxy) is 2. The van der Waals surface area contributed by atoms with Crippen molar-refractivity contribution in [1.82, 2.24) is 4.90 Å². The molecule has 1 amide bonds. The minimum absolute atomic E-state index is 0.0172. The molecule has 118 valence electrons. The Morgan fingerprint density at radius 3 is 2.48 bits per heavy atom. The average Bonchev–Trinajstić information content (AvgIpc) is 2.48. The third-order valence-electron chi connectivity index (χ3n) is 3.23. The van der Waals surface area contributed by atoms with Crippen LogP contribution in [0.4, 0.5) is 0 Å². The number of carbonyl (C=O) groups is 1. The molecule has 2 N–H and O–H groups in total. The molecule has 0 spiro atoms. The topological polar surface area (TPSA) is 64.8 Å². The van der Waals surface area contributed by atoms with E-state index in [1.54, 1.807) is 4.90 Å². The number of hydrogen-bond donors (Lipinski definition) is 1. The first-order valence-electron chi connectivity index (χ1n) is 7.53. The van der Waals surface area contributed by atoms with Crippen molar-refractivity contribution >= 4 is 5.91 Å². The Hall–Kier alpha value is -1.75. The maximum atomic E-state index is 12.1. The van der Waals surface area contributed by atoms with Crippen LogP contribution in [-0.2, 0) is 11.2 Å². The van der Waals surface area contributed by atoms with Crippen LogP contribution in [0.15, 0.2) is 18.2 Å². The van der Waals surface area contributed by atoms with Gasteiger partial charge in [-0.25, -0.2) is 0 Å². The van der Waals surface area contributed by atoms with Crippen LogP contribution in [-0.4, -0.2) is 43.7 Å². The summed E-state index contributed by atoms with van der Waals surface area (Å²) in [5.41, 5.74) is 6.60. The molecule has 0 bridgehead atoms. The van der Waals surface area contributed by atoms with Crippen LogP contribution in [0.25, 0.3) is 0 Å². The molecule has 1 aromatic carbocycles. The summed E-state index contributed by atoms with van der Waals surface area (Å²) in [6, 6.07) is 5.71. The van der Waals surface area contributed by atoms with Crippen LogP contribution in [0, 0.1) is 0 Å². The smallest absolute Gasteiger partial charge is 0.260 e. The molecule has 0 saturated carbocycles. The van der Waals surface area contributed by atoms with Gasteiger partial charge in [0.15, 0.2) is 18.1 Å². The van der Waals surface area contributed by atoms with Gasteiger partial charge in [0, 0.05) is 13.1 Å². The largest absolute Gasteiger partial charge is 0.490 e. The zero-order valence-corrected chi connectivity index (χ0v) is 13.2. The molecule has 0 fully saturated rings. The number of likely N-dealkylation sites (N-methyl/N-ethyl adjacent to an activating group) is 1. The van der Waals surface area contributed by atoms with Crippen LogP contribution in [0.1, 0.15) is 26.3 Å². The minimum atomic E-state index is -0.0231. The normalized spacial score (nSPS) is 10.3. The third-order valence-corrected chi connectivity index (χ3v) is 3.23. The number of benzene rings is 1. The summed E-state index contributed by atoms with van der Waals surface area (Å²) in [4.78, 5) is 13.8. The average molecular weight is 294 g/mol. The molecule has 0 saturated heterocycles. The van der Waals surface area contributed by atoms with Gasteiger partial charge in [-0.1, -0.05) is 12.1 Å². The lowest BCUT2D eigenvalue weighted by Gasteiger charge is -2.20. The second-order valence-electron chi connectivity index (χ2n) is 4.57. The zero-order chi connectivity index (χ0) is 15.7. The fourth-order valence-corrected chi connectivity index (χ4v) is 2.15. The van der Waals surface area contributed by atoms with Crippen molar-refractivity contribution in [2.75, 3.05) is 32.8 Å². The van der Waals surface area contributed by atoms with E-state index in [2.05, 4.69) is 0 Å². The van der Waals surface area contributed by atoms with Crippen molar-refractivity contribution in [2.24, 2.45) is 5.73 Å². The molecule has 0 atom stereocenters. The van der Waals surface area contributed by atoms with Gasteiger partial charge in [0.25, 0.3) is 5.91 Å². The van der Waals surface area contributed by atoms with E-state index in [9.17, 15) is 4.79 Å². The highest BCUT2D eigenvalue weighted by atomic mass is 16.5. The molecule has 0 unspecified atom stereocenters. The lowest BCUT2D eigenvalue weighted by molar-refractivity contribution is -0.133. The molecular weight excluding hydrogens is 268 g/mol. The minimum Gasteiger partial charge on any atom is -0.490 e. The highest BCUT2D eigenvalue weighted by molar-refractivity contribution is 5.77. The summed E-state index contributed by atoms with van der Waals surface area (Å²) in [6.07, 6.45) is 0.690.